The summed E-state index contributed by atoms with van der Waals surface area (Å²) in [5.41, 5.74) is 1.11. The normalized spacial score (nSPS) is 12.7. The SMILES string of the molecule is CCOC(=O)/C(=C/c1sc2cc3c(cc2c1Oc1ccc(Cl)cc1)OCO3)c1ccncc1. The van der Waals surface area contributed by atoms with Crippen LogP contribution in [0, 0.1) is 0 Å². The van der Waals surface area contributed by atoms with Gasteiger partial charge in [0.1, 0.15) is 5.75 Å². The summed E-state index contributed by atoms with van der Waals surface area (Å²) in [4.78, 5) is 17.6. The first-order valence-corrected chi connectivity index (χ1v) is 11.4. The standard InChI is InChI=1S/C25H18ClNO5S/c1-2-29-25(28)18(15-7-9-27-10-8-15)12-23-24(32-17-5-3-16(26)4-6-17)19-11-20-21(31-14-30-20)13-22(19)33-23/h3-13H,2,14H2,1H3/b18-12+. The second kappa shape index (κ2) is 9.13. The number of thiophene rings is 1. The van der Waals surface area contributed by atoms with Crippen molar-refractivity contribution >= 4 is 50.6 Å². The molecule has 5 rings (SSSR count). The highest BCUT2D eigenvalue weighted by molar-refractivity contribution is 7.20. The third-order valence-electron chi connectivity index (χ3n) is 4.96. The van der Waals surface area contributed by atoms with Gasteiger partial charge in [0.25, 0.3) is 0 Å². The predicted octanol–water partition coefficient (Wildman–Crippen LogP) is 6.57. The molecule has 0 unspecified atom stereocenters. The molecule has 0 radical (unpaired) electrons. The first kappa shape index (κ1) is 21.3. The second-order valence-electron chi connectivity index (χ2n) is 7.07. The Hall–Kier alpha value is -3.55. The molecule has 1 aliphatic heterocycles. The van der Waals surface area contributed by atoms with Crippen LogP contribution in [0.4, 0.5) is 0 Å². The van der Waals surface area contributed by atoms with Gasteiger partial charge in [-0.15, -0.1) is 11.3 Å². The fraction of sp³-hybridized carbons (Fsp3) is 0.120. The maximum Gasteiger partial charge on any atom is 0.338 e. The van der Waals surface area contributed by atoms with Gasteiger partial charge in [0.2, 0.25) is 6.79 Å². The van der Waals surface area contributed by atoms with E-state index in [4.69, 9.17) is 30.5 Å². The summed E-state index contributed by atoms with van der Waals surface area (Å²) in [6.07, 6.45) is 5.06. The number of pyridine rings is 1. The molecular weight excluding hydrogens is 462 g/mol. The number of benzene rings is 2. The van der Waals surface area contributed by atoms with Crippen LogP contribution in [0.1, 0.15) is 17.4 Å². The molecule has 0 aliphatic carbocycles. The van der Waals surface area contributed by atoms with Crippen molar-refractivity contribution in [1.82, 2.24) is 4.98 Å². The number of carbonyl (C=O) groups is 1. The fourth-order valence-corrected chi connectivity index (χ4v) is 4.65. The van der Waals surface area contributed by atoms with E-state index in [1.54, 1.807) is 61.8 Å². The Morgan fingerprint density at radius 3 is 2.58 bits per heavy atom. The lowest BCUT2D eigenvalue weighted by Gasteiger charge is -2.09. The quantitative estimate of drug-likeness (QED) is 0.230. The number of hydrogen-bond donors (Lipinski definition) is 0. The minimum Gasteiger partial charge on any atom is -0.462 e. The molecule has 166 valence electrons. The molecule has 2 aromatic heterocycles. The van der Waals surface area contributed by atoms with Crippen molar-refractivity contribution in [2.75, 3.05) is 13.4 Å². The van der Waals surface area contributed by atoms with E-state index in [0.29, 0.717) is 39.2 Å². The summed E-state index contributed by atoms with van der Waals surface area (Å²) >= 11 is 7.52. The average Bonchev–Trinajstić information content (AvgIpc) is 3.42. The average molecular weight is 480 g/mol. The zero-order chi connectivity index (χ0) is 22.8. The first-order valence-electron chi connectivity index (χ1n) is 10.2. The molecule has 0 bridgehead atoms. The summed E-state index contributed by atoms with van der Waals surface area (Å²) in [5, 5.41) is 1.46. The van der Waals surface area contributed by atoms with Gasteiger partial charge in [-0.2, -0.15) is 0 Å². The van der Waals surface area contributed by atoms with Crippen molar-refractivity contribution in [2.24, 2.45) is 0 Å². The van der Waals surface area contributed by atoms with Crippen molar-refractivity contribution in [3.8, 4) is 23.0 Å². The number of fused-ring (bicyclic) bond motifs is 2. The molecule has 6 nitrogen and oxygen atoms in total. The molecule has 0 saturated heterocycles. The van der Waals surface area contributed by atoms with Crippen LogP contribution in [0.25, 0.3) is 21.7 Å². The zero-order valence-electron chi connectivity index (χ0n) is 17.5. The van der Waals surface area contributed by atoms with Gasteiger partial charge in [-0.25, -0.2) is 4.79 Å². The number of nitrogens with zero attached hydrogens (tertiary/aromatic N) is 1. The van der Waals surface area contributed by atoms with Crippen LogP contribution in [-0.2, 0) is 9.53 Å². The van der Waals surface area contributed by atoms with Crippen molar-refractivity contribution in [1.29, 1.82) is 0 Å². The summed E-state index contributed by atoms with van der Waals surface area (Å²) < 4.78 is 23.7. The number of esters is 1. The topological polar surface area (TPSA) is 66.9 Å². The fourth-order valence-electron chi connectivity index (χ4n) is 3.44. The Morgan fingerprint density at radius 1 is 1.12 bits per heavy atom. The van der Waals surface area contributed by atoms with E-state index in [-0.39, 0.29) is 13.4 Å². The maximum absolute atomic E-state index is 12.8. The molecule has 4 aromatic rings. The van der Waals surface area contributed by atoms with E-state index < -0.39 is 5.97 Å². The first-order chi connectivity index (χ1) is 16.1. The van der Waals surface area contributed by atoms with Gasteiger partial charge in [-0.05, 0) is 61.0 Å². The van der Waals surface area contributed by atoms with Crippen LogP contribution in [0.2, 0.25) is 5.02 Å². The van der Waals surface area contributed by atoms with E-state index in [1.165, 1.54) is 11.3 Å². The Balaban J connectivity index is 1.68. The van der Waals surface area contributed by atoms with E-state index in [0.717, 1.165) is 15.0 Å². The Morgan fingerprint density at radius 2 is 1.85 bits per heavy atom. The van der Waals surface area contributed by atoms with Crippen LogP contribution < -0.4 is 14.2 Å². The highest BCUT2D eigenvalue weighted by Gasteiger charge is 2.22. The van der Waals surface area contributed by atoms with E-state index >= 15 is 0 Å². The summed E-state index contributed by atoms with van der Waals surface area (Å²) in [6.45, 7) is 2.23. The van der Waals surface area contributed by atoms with Crippen LogP contribution in [0.15, 0.2) is 60.9 Å². The van der Waals surface area contributed by atoms with Crippen molar-refractivity contribution in [2.45, 2.75) is 6.92 Å². The number of carbonyl (C=O) groups excluding carboxylic acids is 1. The van der Waals surface area contributed by atoms with Crippen molar-refractivity contribution in [3.05, 3.63) is 76.4 Å². The molecule has 0 amide bonds. The highest BCUT2D eigenvalue weighted by Crippen LogP contribution is 2.47. The minimum absolute atomic E-state index is 0.182. The monoisotopic (exact) mass is 479 g/mol. The van der Waals surface area contributed by atoms with Crippen LogP contribution >= 0.6 is 22.9 Å². The van der Waals surface area contributed by atoms with Gasteiger partial charge in [-0.3, -0.25) is 4.98 Å². The molecule has 0 saturated carbocycles. The van der Waals surface area contributed by atoms with Gasteiger partial charge >= 0.3 is 5.97 Å². The molecule has 33 heavy (non-hydrogen) atoms. The number of aromatic nitrogens is 1. The van der Waals surface area contributed by atoms with Crippen molar-refractivity contribution < 1.29 is 23.7 Å². The number of ether oxygens (including phenoxy) is 4. The molecular formula is C25H18ClNO5S. The number of halogens is 1. The molecule has 0 N–H and O–H groups in total. The van der Waals surface area contributed by atoms with E-state index in [1.807, 2.05) is 12.1 Å². The smallest absolute Gasteiger partial charge is 0.338 e. The third-order valence-corrected chi connectivity index (χ3v) is 6.29. The van der Waals surface area contributed by atoms with Gasteiger partial charge in [0.15, 0.2) is 17.2 Å². The largest absolute Gasteiger partial charge is 0.462 e. The van der Waals surface area contributed by atoms with Gasteiger partial charge in [0, 0.05) is 33.6 Å². The Bertz CT molecular complexity index is 1350. The van der Waals surface area contributed by atoms with E-state index in [9.17, 15) is 4.79 Å². The summed E-state index contributed by atoms with van der Waals surface area (Å²) in [7, 11) is 0. The highest BCUT2D eigenvalue weighted by atomic mass is 35.5. The van der Waals surface area contributed by atoms with Gasteiger partial charge in [0.05, 0.1) is 17.1 Å². The summed E-state index contributed by atoms with van der Waals surface area (Å²) in [6, 6.07) is 14.5. The van der Waals surface area contributed by atoms with Crippen molar-refractivity contribution in [3.63, 3.8) is 0 Å². The molecule has 0 fully saturated rings. The molecule has 0 atom stereocenters. The van der Waals surface area contributed by atoms with Crippen LogP contribution in [-0.4, -0.2) is 24.4 Å². The summed E-state index contributed by atoms with van der Waals surface area (Å²) in [5.74, 6) is 2.13. The van der Waals surface area contributed by atoms with Crippen LogP contribution in [0.5, 0.6) is 23.0 Å². The lowest BCUT2D eigenvalue weighted by atomic mass is 10.1. The molecule has 3 heterocycles. The predicted molar refractivity (Wildman–Crippen MR) is 128 cm³/mol. The van der Waals surface area contributed by atoms with E-state index in [2.05, 4.69) is 4.98 Å². The molecule has 1 aliphatic rings. The lowest BCUT2D eigenvalue weighted by molar-refractivity contribution is -0.136. The minimum atomic E-state index is -0.423. The maximum atomic E-state index is 12.8. The Kier molecular flexibility index (Phi) is 5.90. The van der Waals surface area contributed by atoms with Gasteiger partial charge < -0.3 is 18.9 Å². The molecule has 2 aromatic carbocycles. The second-order valence-corrected chi connectivity index (χ2v) is 8.59. The number of hydrogen-bond acceptors (Lipinski definition) is 7. The number of rotatable bonds is 6. The third kappa shape index (κ3) is 4.37. The lowest BCUT2D eigenvalue weighted by Crippen LogP contribution is -2.06. The van der Waals surface area contributed by atoms with Crippen LogP contribution in [0.3, 0.4) is 0 Å². The van der Waals surface area contributed by atoms with Gasteiger partial charge in [-0.1, -0.05) is 11.6 Å². The molecule has 8 heteroatoms. The Labute approximate surface area is 199 Å². The zero-order valence-corrected chi connectivity index (χ0v) is 19.1. The molecule has 0 spiro atoms.